The molecular weight excluding hydrogens is 318 g/mol. The molecule has 0 unspecified atom stereocenters. The molecule has 0 fully saturated rings. The highest BCUT2D eigenvalue weighted by molar-refractivity contribution is 7.07. The molecule has 3 rings (SSSR count). The summed E-state index contributed by atoms with van der Waals surface area (Å²) in [4.78, 5) is 14.5. The van der Waals surface area contributed by atoms with E-state index in [4.69, 9.17) is 16.0 Å². The number of hydrogen-bond acceptors (Lipinski definition) is 3. The third kappa shape index (κ3) is 3.59. The highest BCUT2D eigenvalue weighted by atomic mass is 35.5. The summed E-state index contributed by atoms with van der Waals surface area (Å²) in [6, 6.07) is 12.7. The van der Waals surface area contributed by atoms with Crippen LogP contribution in [-0.4, -0.2) is 10.8 Å². The Kier molecular flexibility index (Phi) is 4.61. The van der Waals surface area contributed by atoms with Crippen molar-refractivity contribution in [2.45, 2.75) is 13.1 Å². The van der Waals surface area contributed by atoms with Crippen LogP contribution in [0.3, 0.4) is 0 Å². The van der Waals surface area contributed by atoms with E-state index >= 15 is 0 Å². The first-order valence-electron chi connectivity index (χ1n) is 6.80. The van der Waals surface area contributed by atoms with E-state index in [1.165, 1.54) is 0 Å². The summed E-state index contributed by atoms with van der Waals surface area (Å²) in [5.74, 6) is 0.719. The quantitative estimate of drug-likeness (QED) is 0.670. The number of amides is 1. The van der Waals surface area contributed by atoms with E-state index in [1.54, 1.807) is 46.8 Å². The van der Waals surface area contributed by atoms with Gasteiger partial charge in [-0.15, -0.1) is 0 Å². The van der Waals surface area contributed by atoms with Crippen LogP contribution < -0.4 is 0 Å². The Morgan fingerprint density at radius 1 is 1.14 bits per heavy atom. The van der Waals surface area contributed by atoms with Gasteiger partial charge >= 0.3 is 0 Å². The van der Waals surface area contributed by atoms with Crippen molar-refractivity contribution in [2.24, 2.45) is 0 Å². The monoisotopic (exact) mass is 331 g/mol. The molecule has 112 valence electrons. The number of rotatable bonds is 5. The Morgan fingerprint density at radius 3 is 2.59 bits per heavy atom. The largest absolute Gasteiger partial charge is 0.467 e. The average molecular weight is 332 g/mol. The predicted octanol–water partition coefficient (Wildman–Crippen LogP) is 4.84. The van der Waals surface area contributed by atoms with E-state index in [1.807, 2.05) is 29.0 Å². The van der Waals surface area contributed by atoms with E-state index < -0.39 is 0 Å². The van der Waals surface area contributed by atoms with Crippen molar-refractivity contribution in [3.8, 4) is 0 Å². The second-order valence-corrected chi connectivity index (χ2v) is 6.10. The van der Waals surface area contributed by atoms with Crippen LogP contribution in [0.2, 0.25) is 5.02 Å². The molecule has 0 N–H and O–H groups in total. The van der Waals surface area contributed by atoms with Crippen LogP contribution in [0, 0.1) is 0 Å². The third-order valence-electron chi connectivity index (χ3n) is 3.26. The van der Waals surface area contributed by atoms with Gasteiger partial charge in [0.05, 0.1) is 12.8 Å². The van der Waals surface area contributed by atoms with E-state index in [9.17, 15) is 4.79 Å². The fraction of sp³-hybridized carbons (Fsp3) is 0.118. The van der Waals surface area contributed by atoms with Crippen LogP contribution in [0.15, 0.2) is 63.9 Å². The Balaban J connectivity index is 1.83. The minimum Gasteiger partial charge on any atom is -0.467 e. The Labute approximate surface area is 137 Å². The summed E-state index contributed by atoms with van der Waals surface area (Å²) >= 11 is 7.51. The topological polar surface area (TPSA) is 33.5 Å². The molecule has 1 aromatic carbocycles. The molecule has 22 heavy (non-hydrogen) atoms. The molecule has 0 spiro atoms. The highest BCUT2D eigenvalue weighted by Crippen LogP contribution is 2.17. The summed E-state index contributed by atoms with van der Waals surface area (Å²) < 4.78 is 5.38. The molecule has 0 aliphatic rings. The number of thiophene rings is 1. The van der Waals surface area contributed by atoms with E-state index in [2.05, 4.69) is 0 Å². The van der Waals surface area contributed by atoms with Crippen molar-refractivity contribution in [1.29, 1.82) is 0 Å². The molecule has 0 aliphatic carbocycles. The first-order chi connectivity index (χ1) is 10.7. The molecule has 0 radical (unpaired) electrons. The molecule has 0 saturated carbocycles. The fourth-order valence-electron chi connectivity index (χ4n) is 2.17. The van der Waals surface area contributed by atoms with Gasteiger partial charge in [-0.3, -0.25) is 4.79 Å². The molecule has 3 aromatic rings. The van der Waals surface area contributed by atoms with E-state index in [0.717, 1.165) is 11.3 Å². The van der Waals surface area contributed by atoms with Crippen LogP contribution in [0.25, 0.3) is 0 Å². The molecule has 0 bridgehead atoms. The molecular formula is C17H14ClNO2S. The van der Waals surface area contributed by atoms with Crippen LogP contribution in [0.5, 0.6) is 0 Å². The standard InChI is InChI=1S/C17H14ClNO2S/c18-15-5-3-14(4-6-15)17(20)19(10-13-7-9-22-12-13)11-16-2-1-8-21-16/h1-9,12H,10-11H2. The molecule has 0 atom stereocenters. The number of carbonyl (C=O) groups excluding carboxylic acids is 1. The van der Waals surface area contributed by atoms with Crippen molar-refractivity contribution in [2.75, 3.05) is 0 Å². The average Bonchev–Trinajstić information content (AvgIpc) is 3.20. The zero-order chi connectivity index (χ0) is 15.4. The van der Waals surface area contributed by atoms with Crippen molar-refractivity contribution < 1.29 is 9.21 Å². The lowest BCUT2D eigenvalue weighted by atomic mass is 10.2. The van der Waals surface area contributed by atoms with Crippen molar-refractivity contribution >= 4 is 28.8 Å². The fourth-order valence-corrected chi connectivity index (χ4v) is 2.95. The maximum Gasteiger partial charge on any atom is 0.254 e. The predicted molar refractivity (Wildman–Crippen MR) is 88.1 cm³/mol. The van der Waals surface area contributed by atoms with Gasteiger partial charge in [0.15, 0.2) is 0 Å². The second kappa shape index (κ2) is 6.81. The lowest BCUT2D eigenvalue weighted by Crippen LogP contribution is -2.29. The number of benzene rings is 1. The van der Waals surface area contributed by atoms with Gasteiger partial charge in [-0.25, -0.2) is 0 Å². The number of furan rings is 1. The normalized spacial score (nSPS) is 10.6. The molecule has 1 amide bonds. The van der Waals surface area contributed by atoms with E-state index in [0.29, 0.717) is 23.7 Å². The molecule has 3 nitrogen and oxygen atoms in total. The zero-order valence-electron chi connectivity index (χ0n) is 11.7. The van der Waals surface area contributed by atoms with Gasteiger partial charge in [0.25, 0.3) is 5.91 Å². The summed E-state index contributed by atoms with van der Waals surface area (Å²) in [6.07, 6.45) is 1.62. The number of hydrogen-bond donors (Lipinski definition) is 0. The number of nitrogens with zero attached hydrogens (tertiary/aromatic N) is 1. The smallest absolute Gasteiger partial charge is 0.254 e. The van der Waals surface area contributed by atoms with Crippen LogP contribution in [-0.2, 0) is 13.1 Å². The maximum atomic E-state index is 12.8. The number of halogens is 1. The van der Waals surface area contributed by atoms with Gasteiger partial charge in [-0.1, -0.05) is 11.6 Å². The SMILES string of the molecule is O=C(c1ccc(Cl)cc1)N(Cc1ccsc1)Cc1ccco1. The van der Waals surface area contributed by atoms with Crippen molar-refractivity contribution in [1.82, 2.24) is 4.90 Å². The Morgan fingerprint density at radius 2 is 1.95 bits per heavy atom. The molecule has 2 heterocycles. The molecule has 0 saturated heterocycles. The van der Waals surface area contributed by atoms with Crippen LogP contribution >= 0.6 is 22.9 Å². The summed E-state index contributed by atoms with van der Waals surface area (Å²) in [5.41, 5.74) is 1.73. The zero-order valence-corrected chi connectivity index (χ0v) is 13.3. The summed E-state index contributed by atoms with van der Waals surface area (Å²) in [6.45, 7) is 0.982. The molecule has 0 aliphatic heterocycles. The van der Waals surface area contributed by atoms with Gasteiger partial charge < -0.3 is 9.32 Å². The lowest BCUT2D eigenvalue weighted by Gasteiger charge is -2.21. The minimum atomic E-state index is -0.0423. The van der Waals surface area contributed by atoms with Gasteiger partial charge in [0.1, 0.15) is 5.76 Å². The van der Waals surface area contributed by atoms with Gasteiger partial charge in [0.2, 0.25) is 0 Å². The van der Waals surface area contributed by atoms with Crippen molar-refractivity contribution in [3.05, 3.63) is 81.4 Å². The molecule has 5 heteroatoms. The minimum absolute atomic E-state index is 0.0423. The Bertz CT molecular complexity index is 684. The summed E-state index contributed by atoms with van der Waals surface area (Å²) in [5, 5.41) is 4.67. The van der Waals surface area contributed by atoms with Crippen molar-refractivity contribution in [3.63, 3.8) is 0 Å². The number of carbonyl (C=O) groups is 1. The van der Waals surface area contributed by atoms with Crippen LogP contribution in [0.1, 0.15) is 21.7 Å². The first kappa shape index (κ1) is 14.9. The lowest BCUT2D eigenvalue weighted by molar-refractivity contribution is 0.0718. The van der Waals surface area contributed by atoms with E-state index in [-0.39, 0.29) is 5.91 Å². The maximum absolute atomic E-state index is 12.8. The van der Waals surface area contributed by atoms with Crippen LogP contribution in [0.4, 0.5) is 0 Å². The third-order valence-corrected chi connectivity index (χ3v) is 4.24. The summed E-state index contributed by atoms with van der Waals surface area (Å²) in [7, 11) is 0. The second-order valence-electron chi connectivity index (χ2n) is 4.88. The van der Waals surface area contributed by atoms with Gasteiger partial charge in [-0.05, 0) is 58.8 Å². The first-order valence-corrected chi connectivity index (χ1v) is 8.13. The Hall–Kier alpha value is -2.04. The molecule has 2 aromatic heterocycles. The van der Waals surface area contributed by atoms with Gasteiger partial charge in [-0.2, -0.15) is 11.3 Å². The van der Waals surface area contributed by atoms with Gasteiger partial charge in [0, 0.05) is 17.1 Å². The highest BCUT2D eigenvalue weighted by Gasteiger charge is 2.18.